The van der Waals surface area contributed by atoms with Gasteiger partial charge in [-0.15, -0.1) is 0 Å². The molecule has 6 nitrogen and oxygen atoms in total. The van der Waals surface area contributed by atoms with Crippen LogP contribution in [0.2, 0.25) is 0 Å². The summed E-state index contributed by atoms with van der Waals surface area (Å²) in [5, 5.41) is 7.00. The molecule has 3 heterocycles. The molecule has 1 saturated heterocycles. The molecule has 1 fully saturated rings. The van der Waals surface area contributed by atoms with Crippen LogP contribution in [0.25, 0.3) is 0 Å². The molecule has 0 saturated carbocycles. The van der Waals surface area contributed by atoms with E-state index < -0.39 is 0 Å². The summed E-state index contributed by atoms with van der Waals surface area (Å²) >= 11 is 0. The minimum absolute atomic E-state index is 0.281. The largest absolute Gasteiger partial charge is 0.455 e. The zero-order valence-corrected chi connectivity index (χ0v) is 15.6. The number of benzene rings is 1. The van der Waals surface area contributed by atoms with E-state index in [-0.39, 0.29) is 17.5 Å². The first kappa shape index (κ1) is 18.4. The van der Waals surface area contributed by atoms with E-state index in [1.807, 2.05) is 12.1 Å². The summed E-state index contributed by atoms with van der Waals surface area (Å²) in [5.41, 5.74) is 1.37. The van der Waals surface area contributed by atoms with E-state index >= 15 is 0 Å². The van der Waals surface area contributed by atoms with E-state index in [2.05, 4.69) is 15.3 Å². The number of nitrogens with zero attached hydrogens (tertiary/aromatic N) is 3. The van der Waals surface area contributed by atoms with Gasteiger partial charge >= 0.3 is 0 Å². The summed E-state index contributed by atoms with van der Waals surface area (Å²) in [5.74, 6) is 0.491. The van der Waals surface area contributed by atoms with Gasteiger partial charge < -0.3 is 9.73 Å². The van der Waals surface area contributed by atoms with E-state index in [1.54, 1.807) is 29.2 Å². The van der Waals surface area contributed by atoms with Crippen molar-refractivity contribution in [1.29, 1.82) is 0 Å². The first-order valence-corrected chi connectivity index (χ1v) is 9.55. The lowest BCUT2D eigenvalue weighted by Gasteiger charge is -2.25. The van der Waals surface area contributed by atoms with Crippen LogP contribution in [0.4, 0.5) is 10.1 Å². The maximum atomic E-state index is 13.3. The highest BCUT2D eigenvalue weighted by molar-refractivity contribution is 6.02. The Morgan fingerprint density at radius 3 is 2.82 bits per heavy atom. The predicted octanol–water partition coefficient (Wildman–Crippen LogP) is 3.90. The normalized spacial score (nSPS) is 14.9. The Balaban J connectivity index is 1.34. The number of carbonyl (C=O) groups excluding carboxylic acids is 1. The number of nitrogens with one attached hydrogen (secondary N) is 1. The number of piperidine rings is 1. The number of furan rings is 1. The van der Waals surface area contributed by atoms with Crippen molar-refractivity contribution in [2.45, 2.75) is 32.4 Å². The highest BCUT2D eigenvalue weighted by Gasteiger charge is 2.16. The van der Waals surface area contributed by atoms with Crippen molar-refractivity contribution in [3.05, 3.63) is 71.7 Å². The monoisotopic (exact) mass is 382 g/mol. The van der Waals surface area contributed by atoms with Gasteiger partial charge in [0.15, 0.2) is 5.76 Å². The molecule has 1 aliphatic rings. The highest BCUT2D eigenvalue weighted by Crippen LogP contribution is 2.17. The van der Waals surface area contributed by atoms with Crippen LogP contribution in [-0.2, 0) is 13.1 Å². The molecule has 146 valence electrons. The second kappa shape index (κ2) is 8.39. The number of hydrogen-bond donors (Lipinski definition) is 1. The molecule has 0 unspecified atom stereocenters. The van der Waals surface area contributed by atoms with Crippen LogP contribution in [0.1, 0.15) is 41.1 Å². The fourth-order valence-electron chi connectivity index (χ4n) is 3.45. The minimum Gasteiger partial charge on any atom is -0.455 e. The van der Waals surface area contributed by atoms with Gasteiger partial charge in [0.1, 0.15) is 11.6 Å². The summed E-state index contributed by atoms with van der Waals surface area (Å²) in [4.78, 5) is 14.8. The van der Waals surface area contributed by atoms with Crippen molar-refractivity contribution in [3.63, 3.8) is 0 Å². The number of likely N-dealkylation sites (tertiary alicyclic amines) is 1. The van der Waals surface area contributed by atoms with Crippen LogP contribution in [0.5, 0.6) is 0 Å². The molecule has 1 amide bonds. The summed E-state index contributed by atoms with van der Waals surface area (Å²) in [6, 6.07) is 9.92. The Hall–Kier alpha value is -2.93. The molecule has 0 atom stereocenters. The van der Waals surface area contributed by atoms with E-state index in [1.165, 1.54) is 31.4 Å². The van der Waals surface area contributed by atoms with Crippen LogP contribution in [0, 0.1) is 5.82 Å². The zero-order chi connectivity index (χ0) is 19.3. The molecule has 1 aromatic carbocycles. The second-order valence-electron chi connectivity index (χ2n) is 7.11. The fraction of sp³-hybridized carbons (Fsp3) is 0.333. The van der Waals surface area contributed by atoms with E-state index in [4.69, 9.17) is 4.42 Å². The van der Waals surface area contributed by atoms with Crippen LogP contribution in [0.15, 0.2) is 53.2 Å². The number of halogens is 1. The van der Waals surface area contributed by atoms with Gasteiger partial charge in [-0.2, -0.15) is 5.10 Å². The number of rotatable bonds is 6. The number of hydrogen-bond acceptors (Lipinski definition) is 4. The average Bonchev–Trinajstić information content (AvgIpc) is 3.32. The fourth-order valence-corrected chi connectivity index (χ4v) is 3.45. The standard InChI is InChI=1S/C21H23FN4O2/c22-17-6-4-5-16(11-17)13-26-14-18(12-23-26)24-21(27)20-8-7-19(28-20)15-25-9-2-1-3-10-25/h4-8,11-12,14H,1-3,9-10,13,15H2,(H,24,27). The van der Waals surface area contributed by atoms with Gasteiger partial charge in [0, 0.05) is 6.20 Å². The third-order valence-electron chi connectivity index (χ3n) is 4.84. The van der Waals surface area contributed by atoms with E-state index in [0.29, 0.717) is 12.2 Å². The summed E-state index contributed by atoms with van der Waals surface area (Å²) in [6.07, 6.45) is 6.99. The topological polar surface area (TPSA) is 63.3 Å². The van der Waals surface area contributed by atoms with Gasteiger partial charge in [-0.25, -0.2) is 4.39 Å². The molecule has 7 heteroatoms. The summed E-state index contributed by atoms with van der Waals surface area (Å²) in [7, 11) is 0. The predicted molar refractivity (Wildman–Crippen MR) is 104 cm³/mol. The van der Waals surface area contributed by atoms with Gasteiger partial charge in [-0.1, -0.05) is 18.6 Å². The van der Waals surface area contributed by atoms with Gasteiger partial charge in [0.25, 0.3) is 5.91 Å². The molecular formula is C21H23FN4O2. The molecule has 0 aliphatic carbocycles. The smallest absolute Gasteiger partial charge is 0.291 e. The average molecular weight is 382 g/mol. The maximum absolute atomic E-state index is 13.3. The quantitative estimate of drug-likeness (QED) is 0.702. The van der Waals surface area contributed by atoms with Crippen LogP contribution < -0.4 is 5.32 Å². The number of amides is 1. The minimum atomic E-state index is -0.310. The Morgan fingerprint density at radius 1 is 1.14 bits per heavy atom. The Bertz CT molecular complexity index is 943. The van der Waals surface area contributed by atoms with Crippen LogP contribution in [0.3, 0.4) is 0 Å². The number of carbonyl (C=O) groups is 1. The Labute approximate surface area is 162 Å². The second-order valence-corrected chi connectivity index (χ2v) is 7.11. The highest BCUT2D eigenvalue weighted by atomic mass is 19.1. The number of anilines is 1. The first-order chi connectivity index (χ1) is 13.7. The molecule has 1 aliphatic heterocycles. The molecular weight excluding hydrogens is 359 g/mol. The molecule has 0 radical (unpaired) electrons. The zero-order valence-electron chi connectivity index (χ0n) is 15.6. The molecule has 1 N–H and O–H groups in total. The van der Waals surface area contributed by atoms with E-state index in [9.17, 15) is 9.18 Å². The van der Waals surface area contributed by atoms with Gasteiger partial charge in [0.2, 0.25) is 0 Å². The first-order valence-electron chi connectivity index (χ1n) is 9.55. The molecule has 0 bridgehead atoms. The van der Waals surface area contributed by atoms with Gasteiger partial charge in [0.05, 0.1) is 25.0 Å². The van der Waals surface area contributed by atoms with Crippen molar-refractivity contribution in [2.75, 3.05) is 18.4 Å². The van der Waals surface area contributed by atoms with Crippen LogP contribution >= 0.6 is 0 Å². The summed E-state index contributed by atoms with van der Waals surface area (Å²) in [6.45, 7) is 3.31. The lowest BCUT2D eigenvalue weighted by molar-refractivity contribution is 0.0992. The molecule has 2 aromatic heterocycles. The van der Waals surface area contributed by atoms with Gasteiger partial charge in [-0.05, 0) is 55.8 Å². The Kier molecular flexibility index (Phi) is 5.53. The third-order valence-corrected chi connectivity index (χ3v) is 4.84. The SMILES string of the molecule is O=C(Nc1cnn(Cc2cccc(F)c2)c1)c1ccc(CN2CCCCC2)o1. The Morgan fingerprint density at radius 2 is 2.00 bits per heavy atom. The molecule has 0 spiro atoms. The molecule has 4 rings (SSSR count). The van der Waals surface area contributed by atoms with Crippen molar-refractivity contribution < 1.29 is 13.6 Å². The van der Waals surface area contributed by atoms with Gasteiger partial charge in [-0.3, -0.25) is 14.4 Å². The van der Waals surface area contributed by atoms with Crippen molar-refractivity contribution >= 4 is 11.6 Å². The lowest BCUT2D eigenvalue weighted by atomic mass is 10.1. The lowest BCUT2D eigenvalue weighted by Crippen LogP contribution is -2.28. The van der Waals surface area contributed by atoms with E-state index in [0.717, 1.165) is 31.0 Å². The van der Waals surface area contributed by atoms with Crippen molar-refractivity contribution in [2.24, 2.45) is 0 Å². The van der Waals surface area contributed by atoms with Crippen molar-refractivity contribution in [3.8, 4) is 0 Å². The number of aromatic nitrogens is 2. The molecule has 3 aromatic rings. The maximum Gasteiger partial charge on any atom is 0.291 e. The molecule has 28 heavy (non-hydrogen) atoms. The van der Waals surface area contributed by atoms with Crippen molar-refractivity contribution in [1.82, 2.24) is 14.7 Å². The summed E-state index contributed by atoms with van der Waals surface area (Å²) < 4.78 is 20.6. The van der Waals surface area contributed by atoms with Crippen LogP contribution in [-0.4, -0.2) is 33.7 Å². The third kappa shape index (κ3) is 4.67.